The van der Waals surface area contributed by atoms with Gasteiger partial charge in [-0.15, -0.1) is 0 Å². The van der Waals surface area contributed by atoms with Gasteiger partial charge in [-0.25, -0.2) is 0 Å². The molecule has 4 heteroatoms. The highest BCUT2D eigenvalue weighted by Gasteiger charge is 2.30. The van der Waals surface area contributed by atoms with Gasteiger partial charge in [-0.05, 0) is 30.5 Å². The van der Waals surface area contributed by atoms with E-state index in [-0.39, 0.29) is 18.1 Å². The summed E-state index contributed by atoms with van der Waals surface area (Å²) in [7, 11) is 0. The first-order valence-electron chi connectivity index (χ1n) is 6.37. The predicted octanol–water partition coefficient (Wildman–Crippen LogP) is 3.09. The van der Waals surface area contributed by atoms with E-state index < -0.39 is 0 Å². The lowest BCUT2D eigenvalue weighted by atomic mass is 10.0. The van der Waals surface area contributed by atoms with E-state index >= 15 is 0 Å². The summed E-state index contributed by atoms with van der Waals surface area (Å²) in [4.78, 5) is 11.6. The molecule has 0 aliphatic carbocycles. The molecule has 1 aromatic rings. The second-order valence-electron chi connectivity index (χ2n) is 4.56. The molecule has 1 aliphatic rings. The van der Waals surface area contributed by atoms with Crippen LogP contribution in [-0.4, -0.2) is 18.6 Å². The highest BCUT2D eigenvalue weighted by Crippen LogP contribution is 2.29. The zero-order valence-electron chi connectivity index (χ0n) is 10.5. The summed E-state index contributed by atoms with van der Waals surface area (Å²) in [6, 6.07) is 7.69. The number of hydrogen-bond acceptors (Lipinski definition) is 2. The van der Waals surface area contributed by atoms with Crippen LogP contribution < -0.4 is 5.32 Å². The van der Waals surface area contributed by atoms with Crippen molar-refractivity contribution < 1.29 is 9.53 Å². The monoisotopic (exact) mass is 267 g/mol. The van der Waals surface area contributed by atoms with Crippen LogP contribution in [0, 0.1) is 0 Å². The van der Waals surface area contributed by atoms with Crippen molar-refractivity contribution in [2.24, 2.45) is 0 Å². The fourth-order valence-electron chi connectivity index (χ4n) is 2.22. The average Bonchev–Trinajstić information content (AvgIpc) is 2.78. The first-order chi connectivity index (χ1) is 8.70. The van der Waals surface area contributed by atoms with E-state index in [1.54, 1.807) is 0 Å². The number of amides is 1. The van der Waals surface area contributed by atoms with Crippen LogP contribution in [-0.2, 0) is 9.53 Å². The molecule has 0 radical (unpaired) electrons. The first-order valence-corrected chi connectivity index (χ1v) is 6.75. The Hall–Kier alpha value is -1.06. The fourth-order valence-corrected chi connectivity index (χ4v) is 2.35. The third-order valence-corrected chi connectivity index (χ3v) is 3.37. The van der Waals surface area contributed by atoms with Crippen LogP contribution in [0.1, 0.15) is 37.9 Å². The number of nitrogens with one attached hydrogen (secondary N) is 1. The van der Waals surface area contributed by atoms with Gasteiger partial charge in [-0.3, -0.25) is 4.79 Å². The van der Waals surface area contributed by atoms with Crippen molar-refractivity contribution in [3.63, 3.8) is 0 Å². The third kappa shape index (κ3) is 3.24. The molecule has 1 heterocycles. The van der Waals surface area contributed by atoms with Crippen LogP contribution in [0.25, 0.3) is 0 Å². The Balaban J connectivity index is 2.03. The number of hydrogen-bond donors (Lipinski definition) is 1. The summed E-state index contributed by atoms with van der Waals surface area (Å²) < 4.78 is 5.71. The Kier molecular flexibility index (Phi) is 4.61. The van der Waals surface area contributed by atoms with Gasteiger partial charge in [0.25, 0.3) is 0 Å². The lowest BCUT2D eigenvalue weighted by Crippen LogP contribution is -2.36. The molecular formula is C14H18ClNO2. The number of ether oxygens (including phenoxy) is 1. The molecule has 1 aliphatic heterocycles. The minimum atomic E-state index is -0.0527. The smallest absolute Gasteiger partial charge is 0.220 e. The van der Waals surface area contributed by atoms with Gasteiger partial charge in [0.1, 0.15) is 6.10 Å². The van der Waals surface area contributed by atoms with E-state index in [9.17, 15) is 4.79 Å². The van der Waals surface area contributed by atoms with Crippen LogP contribution in [0.4, 0.5) is 0 Å². The van der Waals surface area contributed by atoms with Crippen molar-refractivity contribution in [3.05, 3.63) is 34.9 Å². The maximum atomic E-state index is 11.6. The molecule has 3 nitrogen and oxygen atoms in total. The van der Waals surface area contributed by atoms with Crippen molar-refractivity contribution in [1.82, 2.24) is 5.32 Å². The van der Waals surface area contributed by atoms with Gasteiger partial charge in [0.05, 0.1) is 6.04 Å². The third-order valence-electron chi connectivity index (χ3n) is 3.11. The van der Waals surface area contributed by atoms with Crippen LogP contribution in [0.2, 0.25) is 5.02 Å². The number of rotatable bonds is 4. The minimum Gasteiger partial charge on any atom is -0.371 e. The SMILES string of the molecule is CCCC(=O)N[C@H]1CCO[C@H]1c1ccc(Cl)cc1. The molecule has 0 bridgehead atoms. The van der Waals surface area contributed by atoms with Gasteiger partial charge in [0, 0.05) is 18.1 Å². The highest BCUT2D eigenvalue weighted by molar-refractivity contribution is 6.30. The van der Waals surface area contributed by atoms with Crippen LogP contribution in [0.3, 0.4) is 0 Å². The molecule has 1 saturated heterocycles. The van der Waals surface area contributed by atoms with Gasteiger partial charge in [-0.1, -0.05) is 30.7 Å². The molecule has 1 N–H and O–H groups in total. The summed E-state index contributed by atoms with van der Waals surface area (Å²) in [5, 5.41) is 3.76. The lowest BCUT2D eigenvalue weighted by molar-refractivity contribution is -0.122. The quantitative estimate of drug-likeness (QED) is 0.910. The van der Waals surface area contributed by atoms with Gasteiger partial charge >= 0.3 is 0 Å². The normalized spacial score (nSPS) is 23.0. The Bertz CT molecular complexity index is 405. The average molecular weight is 268 g/mol. The number of carbonyl (C=O) groups is 1. The molecular weight excluding hydrogens is 250 g/mol. The largest absolute Gasteiger partial charge is 0.371 e. The molecule has 0 saturated carbocycles. The Labute approximate surface area is 112 Å². The summed E-state index contributed by atoms with van der Waals surface area (Å²) in [6.45, 7) is 2.69. The standard InChI is InChI=1S/C14H18ClNO2/c1-2-3-13(17)16-12-8-9-18-14(12)10-4-6-11(15)7-5-10/h4-7,12,14H,2-3,8-9H2,1H3,(H,16,17)/t12-,14-/m0/s1. The fraction of sp³-hybridized carbons (Fsp3) is 0.500. The second kappa shape index (κ2) is 6.21. The maximum Gasteiger partial charge on any atom is 0.220 e. The molecule has 2 atom stereocenters. The maximum absolute atomic E-state index is 11.6. The van der Waals surface area contributed by atoms with E-state index in [0.717, 1.165) is 18.4 Å². The highest BCUT2D eigenvalue weighted by atomic mass is 35.5. The molecule has 1 amide bonds. The van der Waals surface area contributed by atoms with E-state index in [1.807, 2.05) is 31.2 Å². The van der Waals surface area contributed by atoms with Crippen molar-refractivity contribution >= 4 is 17.5 Å². The van der Waals surface area contributed by atoms with E-state index in [0.29, 0.717) is 18.1 Å². The Morgan fingerprint density at radius 3 is 2.83 bits per heavy atom. The topological polar surface area (TPSA) is 38.3 Å². The van der Waals surface area contributed by atoms with Crippen molar-refractivity contribution in [2.45, 2.75) is 38.3 Å². The van der Waals surface area contributed by atoms with Crippen molar-refractivity contribution in [3.8, 4) is 0 Å². The van der Waals surface area contributed by atoms with Gasteiger partial charge in [0.2, 0.25) is 5.91 Å². The van der Waals surface area contributed by atoms with E-state index in [1.165, 1.54) is 0 Å². The van der Waals surface area contributed by atoms with Crippen LogP contribution >= 0.6 is 11.6 Å². The van der Waals surface area contributed by atoms with Gasteiger partial charge in [-0.2, -0.15) is 0 Å². The summed E-state index contributed by atoms with van der Waals surface area (Å²) in [5.41, 5.74) is 1.07. The molecule has 0 spiro atoms. The lowest BCUT2D eigenvalue weighted by Gasteiger charge is -2.20. The van der Waals surface area contributed by atoms with E-state index in [2.05, 4.69) is 5.32 Å². The molecule has 0 unspecified atom stereocenters. The molecule has 18 heavy (non-hydrogen) atoms. The molecule has 0 aromatic heterocycles. The van der Waals surface area contributed by atoms with Crippen LogP contribution in [0.5, 0.6) is 0 Å². The zero-order chi connectivity index (χ0) is 13.0. The summed E-state index contributed by atoms with van der Waals surface area (Å²) >= 11 is 5.87. The zero-order valence-corrected chi connectivity index (χ0v) is 11.2. The predicted molar refractivity (Wildman–Crippen MR) is 71.6 cm³/mol. The first kappa shape index (κ1) is 13.4. The molecule has 1 aromatic carbocycles. The molecule has 1 fully saturated rings. The molecule has 2 rings (SSSR count). The van der Waals surface area contributed by atoms with Crippen molar-refractivity contribution in [1.29, 1.82) is 0 Å². The summed E-state index contributed by atoms with van der Waals surface area (Å²) in [5.74, 6) is 0.104. The summed E-state index contributed by atoms with van der Waals surface area (Å²) in [6.07, 6.45) is 2.25. The van der Waals surface area contributed by atoms with E-state index in [4.69, 9.17) is 16.3 Å². The Morgan fingerprint density at radius 2 is 2.17 bits per heavy atom. The van der Waals surface area contributed by atoms with Gasteiger partial charge in [0.15, 0.2) is 0 Å². The van der Waals surface area contributed by atoms with Crippen LogP contribution in [0.15, 0.2) is 24.3 Å². The number of benzene rings is 1. The Morgan fingerprint density at radius 1 is 1.44 bits per heavy atom. The second-order valence-corrected chi connectivity index (χ2v) is 4.99. The molecule has 98 valence electrons. The van der Waals surface area contributed by atoms with Crippen molar-refractivity contribution in [2.75, 3.05) is 6.61 Å². The van der Waals surface area contributed by atoms with Gasteiger partial charge < -0.3 is 10.1 Å². The number of carbonyl (C=O) groups excluding carboxylic acids is 1. The minimum absolute atomic E-state index is 0.0527. The number of halogens is 1.